The molecule has 1 aromatic carbocycles. The molecule has 1 rings (SSSR count). The van der Waals surface area contributed by atoms with E-state index < -0.39 is 15.4 Å². The number of sulfone groups is 1. The molecule has 19 heavy (non-hydrogen) atoms. The number of likely N-dealkylation sites (N-methyl/N-ethyl adjacent to an activating group) is 1. The second kappa shape index (κ2) is 6.47. The summed E-state index contributed by atoms with van der Waals surface area (Å²) < 4.78 is 22.3. The van der Waals surface area contributed by atoms with E-state index in [9.17, 15) is 13.5 Å². The minimum Gasteiger partial charge on any atom is -0.382 e. The molecule has 0 amide bonds. The van der Waals surface area contributed by atoms with E-state index in [4.69, 9.17) is 5.73 Å². The summed E-state index contributed by atoms with van der Waals surface area (Å²) in [5.41, 5.74) is 5.25. The fourth-order valence-electron chi connectivity index (χ4n) is 1.87. The van der Waals surface area contributed by atoms with Crippen LogP contribution in [0.3, 0.4) is 0 Å². The Morgan fingerprint density at radius 2 is 1.89 bits per heavy atom. The maximum absolute atomic E-state index is 11.1. The van der Waals surface area contributed by atoms with E-state index in [-0.39, 0.29) is 12.3 Å². The maximum atomic E-state index is 11.1. The average molecular weight is 286 g/mol. The standard InChI is InChI=1S/C13H22N2O3S/c1-15(8-9-19(2,17)18)11-13(16,10-14)12-6-4-3-5-7-12/h3-7,16H,8-11,14H2,1-2H3. The Hall–Kier alpha value is -0.950. The van der Waals surface area contributed by atoms with Crippen LogP contribution in [0.15, 0.2) is 30.3 Å². The highest BCUT2D eigenvalue weighted by molar-refractivity contribution is 7.90. The van der Waals surface area contributed by atoms with Crippen molar-refractivity contribution in [3.63, 3.8) is 0 Å². The maximum Gasteiger partial charge on any atom is 0.148 e. The summed E-state index contributed by atoms with van der Waals surface area (Å²) in [6.45, 7) is 0.747. The summed E-state index contributed by atoms with van der Waals surface area (Å²) in [6, 6.07) is 9.18. The molecule has 1 unspecified atom stereocenters. The number of aliphatic hydroxyl groups is 1. The van der Waals surface area contributed by atoms with Crippen molar-refractivity contribution in [2.45, 2.75) is 5.60 Å². The molecule has 0 aliphatic rings. The van der Waals surface area contributed by atoms with Gasteiger partial charge in [0.25, 0.3) is 0 Å². The third-order valence-electron chi connectivity index (χ3n) is 3.02. The van der Waals surface area contributed by atoms with E-state index in [2.05, 4.69) is 0 Å². The molecule has 108 valence electrons. The molecule has 0 saturated carbocycles. The largest absolute Gasteiger partial charge is 0.382 e. The summed E-state index contributed by atoms with van der Waals surface area (Å²) in [5, 5.41) is 10.6. The van der Waals surface area contributed by atoms with Crippen LogP contribution < -0.4 is 5.73 Å². The fraction of sp³-hybridized carbons (Fsp3) is 0.538. The SMILES string of the molecule is CN(CCS(C)(=O)=O)CC(O)(CN)c1ccccc1. The molecular formula is C13H22N2O3S. The molecular weight excluding hydrogens is 264 g/mol. The van der Waals surface area contributed by atoms with Crippen LogP contribution in [0.2, 0.25) is 0 Å². The Kier molecular flexibility index (Phi) is 5.49. The zero-order chi connectivity index (χ0) is 14.5. The van der Waals surface area contributed by atoms with Crippen LogP contribution in [0.5, 0.6) is 0 Å². The molecule has 6 heteroatoms. The lowest BCUT2D eigenvalue weighted by molar-refractivity contribution is 0.0153. The average Bonchev–Trinajstić information content (AvgIpc) is 2.36. The number of hydrogen-bond acceptors (Lipinski definition) is 5. The Morgan fingerprint density at radius 1 is 1.32 bits per heavy atom. The monoisotopic (exact) mass is 286 g/mol. The van der Waals surface area contributed by atoms with E-state index >= 15 is 0 Å². The van der Waals surface area contributed by atoms with Crippen LogP contribution >= 0.6 is 0 Å². The molecule has 0 aromatic heterocycles. The van der Waals surface area contributed by atoms with Gasteiger partial charge in [0.05, 0.1) is 5.75 Å². The van der Waals surface area contributed by atoms with Crippen molar-refractivity contribution in [2.75, 3.05) is 38.7 Å². The normalized spacial score (nSPS) is 15.4. The Morgan fingerprint density at radius 3 is 2.37 bits per heavy atom. The van der Waals surface area contributed by atoms with Crippen molar-refractivity contribution in [2.24, 2.45) is 5.73 Å². The van der Waals surface area contributed by atoms with Gasteiger partial charge in [-0.1, -0.05) is 30.3 Å². The van der Waals surface area contributed by atoms with Gasteiger partial charge in [0.15, 0.2) is 0 Å². The first-order valence-corrected chi connectivity index (χ1v) is 8.17. The van der Waals surface area contributed by atoms with Gasteiger partial charge in [-0.3, -0.25) is 0 Å². The lowest BCUT2D eigenvalue weighted by Crippen LogP contribution is -2.45. The fourth-order valence-corrected chi connectivity index (χ4v) is 2.51. The quantitative estimate of drug-likeness (QED) is 0.726. The topological polar surface area (TPSA) is 83.6 Å². The zero-order valence-electron chi connectivity index (χ0n) is 11.4. The van der Waals surface area contributed by atoms with Crippen molar-refractivity contribution in [3.8, 4) is 0 Å². The second-order valence-corrected chi connectivity index (χ2v) is 7.23. The predicted molar refractivity (Wildman–Crippen MR) is 76.6 cm³/mol. The van der Waals surface area contributed by atoms with Gasteiger partial charge in [-0.2, -0.15) is 0 Å². The first-order valence-electron chi connectivity index (χ1n) is 6.11. The summed E-state index contributed by atoms with van der Waals surface area (Å²) in [4.78, 5) is 1.78. The molecule has 0 bridgehead atoms. The highest BCUT2D eigenvalue weighted by atomic mass is 32.2. The van der Waals surface area contributed by atoms with Gasteiger partial charge in [0.2, 0.25) is 0 Å². The molecule has 0 fully saturated rings. The number of rotatable bonds is 7. The molecule has 3 N–H and O–H groups in total. The lowest BCUT2D eigenvalue weighted by Gasteiger charge is -2.31. The van der Waals surface area contributed by atoms with Crippen LogP contribution in [-0.4, -0.2) is 57.1 Å². The third-order valence-corrected chi connectivity index (χ3v) is 3.95. The zero-order valence-corrected chi connectivity index (χ0v) is 12.2. The third kappa shape index (κ3) is 5.28. The van der Waals surface area contributed by atoms with E-state index in [1.54, 1.807) is 11.9 Å². The van der Waals surface area contributed by atoms with Crippen LogP contribution in [-0.2, 0) is 15.4 Å². The molecule has 5 nitrogen and oxygen atoms in total. The molecule has 1 aromatic rings. The van der Waals surface area contributed by atoms with Gasteiger partial charge >= 0.3 is 0 Å². The van der Waals surface area contributed by atoms with Crippen molar-refractivity contribution in [1.82, 2.24) is 4.90 Å². The van der Waals surface area contributed by atoms with Gasteiger partial charge in [0, 0.05) is 25.9 Å². The van der Waals surface area contributed by atoms with Crippen molar-refractivity contribution >= 4 is 9.84 Å². The van der Waals surface area contributed by atoms with E-state index in [0.29, 0.717) is 13.1 Å². The molecule has 0 aliphatic carbocycles. The molecule has 0 spiro atoms. The minimum atomic E-state index is -3.00. The van der Waals surface area contributed by atoms with E-state index in [1.807, 2.05) is 30.3 Å². The summed E-state index contributed by atoms with van der Waals surface area (Å²) >= 11 is 0. The van der Waals surface area contributed by atoms with Crippen LogP contribution in [0, 0.1) is 0 Å². The molecule has 0 saturated heterocycles. The minimum absolute atomic E-state index is 0.0684. The van der Waals surface area contributed by atoms with Gasteiger partial charge in [-0.25, -0.2) is 8.42 Å². The molecule has 0 aliphatic heterocycles. The highest BCUT2D eigenvalue weighted by Crippen LogP contribution is 2.20. The first-order chi connectivity index (χ1) is 8.77. The number of nitrogens with zero attached hydrogens (tertiary/aromatic N) is 1. The number of benzene rings is 1. The Bertz CT molecular complexity index is 490. The van der Waals surface area contributed by atoms with Crippen molar-refractivity contribution < 1.29 is 13.5 Å². The Labute approximate surface area is 115 Å². The Balaban J connectivity index is 2.71. The summed E-state index contributed by atoms with van der Waals surface area (Å²) in [6.07, 6.45) is 1.20. The van der Waals surface area contributed by atoms with Crippen molar-refractivity contribution in [3.05, 3.63) is 35.9 Å². The van der Waals surface area contributed by atoms with Crippen molar-refractivity contribution in [1.29, 1.82) is 0 Å². The summed E-state index contributed by atoms with van der Waals surface area (Å²) in [5.74, 6) is 0.0684. The van der Waals surface area contributed by atoms with Crippen LogP contribution in [0.25, 0.3) is 0 Å². The lowest BCUT2D eigenvalue weighted by atomic mass is 9.93. The molecule has 0 radical (unpaired) electrons. The second-order valence-electron chi connectivity index (χ2n) is 4.97. The van der Waals surface area contributed by atoms with Gasteiger partial charge < -0.3 is 15.7 Å². The van der Waals surface area contributed by atoms with Gasteiger partial charge in [0.1, 0.15) is 15.4 Å². The number of nitrogens with two attached hydrogens (primary N) is 1. The summed E-state index contributed by atoms with van der Waals surface area (Å²) in [7, 11) is -1.23. The molecule has 1 atom stereocenters. The number of hydrogen-bond donors (Lipinski definition) is 2. The smallest absolute Gasteiger partial charge is 0.148 e. The first kappa shape index (κ1) is 16.1. The molecule has 0 heterocycles. The van der Waals surface area contributed by atoms with Gasteiger partial charge in [-0.05, 0) is 12.6 Å². The van der Waals surface area contributed by atoms with Crippen LogP contribution in [0.1, 0.15) is 5.56 Å². The van der Waals surface area contributed by atoms with E-state index in [0.717, 1.165) is 5.56 Å². The van der Waals surface area contributed by atoms with Gasteiger partial charge in [-0.15, -0.1) is 0 Å². The highest BCUT2D eigenvalue weighted by Gasteiger charge is 2.29. The van der Waals surface area contributed by atoms with E-state index in [1.165, 1.54) is 6.26 Å². The van der Waals surface area contributed by atoms with Crippen LogP contribution in [0.4, 0.5) is 0 Å². The predicted octanol–water partition coefficient (Wildman–Crippen LogP) is -0.191.